The number of aliphatic hydroxyl groups is 1. The lowest BCUT2D eigenvalue weighted by Crippen LogP contribution is -2.39. The Morgan fingerprint density at radius 3 is 2.52 bits per heavy atom. The first-order valence-corrected chi connectivity index (χ1v) is 17.4. The Hall–Kier alpha value is -3.20. The maximum atomic E-state index is 12.9. The number of nitrogens with zero attached hydrogens (tertiary/aromatic N) is 5. The van der Waals surface area contributed by atoms with Crippen LogP contribution >= 0.6 is 11.3 Å². The molecule has 3 aromatic heterocycles. The Bertz CT molecular complexity index is 1710. The van der Waals surface area contributed by atoms with Gasteiger partial charge in [-0.2, -0.15) is 18.4 Å². The second kappa shape index (κ2) is 13.5. The number of nitriles is 1. The number of thiophene rings is 1. The number of benzene rings is 1. The number of halogens is 3. The molecule has 0 bridgehead atoms. The van der Waals surface area contributed by atoms with Gasteiger partial charge in [-0.1, -0.05) is 45.1 Å². The summed E-state index contributed by atoms with van der Waals surface area (Å²) in [6, 6.07) is 10.4. The lowest BCUT2D eigenvalue weighted by atomic mass is 9.80. The second-order valence-corrected chi connectivity index (χ2v) is 14.6. The van der Waals surface area contributed by atoms with Gasteiger partial charge in [0.25, 0.3) is 0 Å². The molecule has 1 aromatic carbocycles. The van der Waals surface area contributed by atoms with Crippen molar-refractivity contribution in [3.8, 4) is 6.07 Å². The van der Waals surface area contributed by atoms with Gasteiger partial charge >= 0.3 is 6.18 Å². The molecule has 4 heterocycles. The molecule has 0 radical (unpaired) electrons. The van der Waals surface area contributed by atoms with Gasteiger partial charge in [-0.3, -0.25) is 4.90 Å². The van der Waals surface area contributed by atoms with E-state index in [2.05, 4.69) is 45.3 Å². The number of rotatable bonds is 10. The number of aromatic nitrogens is 3. The van der Waals surface area contributed by atoms with Gasteiger partial charge in [0.2, 0.25) is 0 Å². The maximum absolute atomic E-state index is 12.9. The minimum absolute atomic E-state index is 0.169. The average Bonchev–Trinajstić information content (AvgIpc) is 3.60. The molecule has 1 saturated heterocycles. The van der Waals surface area contributed by atoms with Crippen molar-refractivity contribution in [1.82, 2.24) is 19.4 Å². The van der Waals surface area contributed by atoms with Crippen LogP contribution in [-0.4, -0.2) is 55.5 Å². The Morgan fingerprint density at radius 1 is 1.07 bits per heavy atom. The third-order valence-electron chi connectivity index (χ3n) is 10.2. The van der Waals surface area contributed by atoms with Gasteiger partial charge in [-0.25, -0.2) is 9.97 Å². The fourth-order valence-electron chi connectivity index (χ4n) is 7.47. The zero-order valence-electron chi connectivity index (χ0n) is 26.7. The number of hydrogen-bond donors (Lipinski definition) is 2. The number of alkyl halides is 3. The van der Waals surface area contributed by atoms with Crippen molar-refractivity contribution in [3.63, 3.8) is 0 Å². The fourth-order valence-corrected chi connectivity index (χ4v) is 8.50. The van der Waals surface area contributed by atoms with Gasteiger partial charge in [0, 0.05) is 41.5 Å². The van der Waals surface area contributed by atoms with E-state index in [1.807, 2.05) is 17.6 Å². The van der Waals surface area contributed by atoms with E-state index in [1.165, 1.54) is 44.0 Å². The van der Waals surface area contributed by atoms with Gasteiger partial charge in [-0.05, 0) is 67.9 Å². The fraction of sp³-hybridized carbons (Fsp3) is 0.571. The molecule has 1 aliphatic heterocycles. The molecule has 0 amide bonds. The molecular weight excluding hydrogens is 609 g/mol. The first kappa shape index (κ1) is 32.7. The number of anilines is 1. The van der Waals surface area contributed by atoms with Crippen molar-refractivity contribution in [2.45, 2.75) is 109 Å². The van der Waals surface area contributed by atoms with Crippen molar-refractivity contribution in [2.24, 2.45) is 5.92 Å². The van der Waals surface area contributed by atoms with E-state index >= 15 is 0 Å². The molecule has 2 fully saturated rings. The van der Waals surface area contributed by atoms with E-state index < -0.39 is 18.2 Å². The minimum atomic E-state index is -4.26. The quantitative estimate of drug-likeness (QED) is 0.180. The SMILES string of the molecule is CCC(O)(CC1CCCCC1)Cn1c(C#N)cc2c(C)c(CN3CCC(Nc4ncnc5sc(CC(F)(F)F)cc45)CC3)ccc21. The smallest absolute Gasteiger partial charge is 0.388 e. The molecule has 11 heteroatoms. The van der Waals surface area contributed by atoms with Crippen LogP contribution in [0.25, 0.3) is 21.1 Å². The Balaban J connectivity index is 1.11. The zero-order valence-corrected chi connectivity index (χ0v) is 27.5. The second-order valence-electron chi connectivity index (χ2n) is 13.4. The number of nitrogens with one attached hydrogen (secondary N) is 1. The van der Waals surface area contributed by atoms with E-state index in [-0.39, 0.29) is 10.9 Å². The summed E-state index contributed by atoms with van der Waals surface area (Å²) >= 11 is 1.07. The van der Waals surface area contributed by atoms with E-state index in [4.69, 9.17) is 0 Å². The van der Waals surface area contributed by atoms with E-state index in [1.54, 1.807) is 6.07 Å². The van der Waals surface area contributed by atoms with Crippen molar-refractivity contribution < 1.29 is 18.3 Å². The highest BCUT2D eigenvalue weighted by Crippen LogP contribution is 2.36. The average molecular weight is 653 g/mol. The summed E-state index contributed by atoms with van der Waals surface area (Å²) in [4.78, 5) is 11.8. The maximum Gasteiger partial charge on any atom is 0.393 e. The highest BCUT2D eigenvalue weighted by atomic mass is 32.1. The number of fused-ring (bicyclic) bond motifs is 2. The van der Waals surface area contributed by atoms with Gasteiger partial charge in [0.15, 0.2) is 0 Å². The van der Waals surface area contributed by atoms with Gasteiger partial charge in [-0.15, -0.1) is 11.3 Å². The summed E-state index contributed by atoms with van der Waals surface area (Å²) in [6.07, 6.45) is 5.55. The first-order chi connectivity index (χ1) is 22.0. The third-order valence-corrected chi connectivity index (χ3v) is 11.2. The Kier molecular flexibility index (Phi) is 9.60. The van der Waals surface area contributed by atoms with Crippen LogP contribution in [-0.2, 0) is 19.5 Å². The summed E-state index contributed by atoms with van der Waals surface area (Å²) in [7, 11) is 0. The van der Waals surface area contributed by atoms with Crippen molar-refractivity contribution in [1.29, 1.82) is 5.26 Å². The lowest BCUT2D eigenvalue weighted by molar-refractivity contribution is -0.126. The highest BCUT2D eigenvalue weighted by Gasteiger charge is 2.32. The summed E-state index contributed by atoms with van der Waals surface area (Å²) in [5.41, 5.74) is 3.14. The van der Waals surface area contributed by atoms with Crippen LogP contribution in [0, 0.1) is 24.2 Å². The number of hydrogen-bond acceptors (Lipinski definition) is 7. The summed E-state index contributed by atoms with van der Waals surface area (Å²) in [5.74, 6) is 1.15. The van der Waals surface area contributed by atoms with Crippen LogP contribution in [0.5, 0.6) is 0 Å². The first-order valence-electron chi connectivity index (χ1n) is 16.6. The van der Waals surface area contributed by atoms with Crippen LogP contribution in [0.1, 0.15) is 86.4 Å². The Morgan fingerprint density at radius 2 is 1.83 bits per heavy atom. The molecule has 2 N–H and O–H groups in total. The molecule has 6 rings (SSSR count). The van der Waals surface area contributed by atoms with Gasteiger partial charge < -0.3 is 15.0 Å². The van der Waals surface area contributed by atoms with E-state index in [0.717, 1.165) is 66.7 Å². The summed E-state index contributed by atoms with van der Waals surface area (Å²) < 4.78 is 40.9. The van der Waals surface area contributed by atoms with Crippen LogP contribution < -0.4 is 5.32 Å². The molecule has 246 valence electrons. The third kappa shape index (κ3) is 7.35. The summed E-state index contributed by atoms with van der Waals surface area (Å²) in [6.45, 7) is 7.15. The monoisotopic (exact) mass is 652 g/mol. The molecule has 2 aliphatic rings. The Labute approximate surface area is 272 Å². The van der Waals surface area contributed by atoms with Crippen molar-refractivity contribution in [3.05, 3.63) is 52.3 Å². The van der Waals surface area contributed by atoms with Crippen LogP contribution in [0.3, 0.4) is 0 Å². The summed E-state index contributed by atoms with van der Waals surface area (Å²) in [5, 5.41) is 26.9. The molecule has 7 nitrogen and oxygen atoms in total. The highest BCUT2D eigenvalue weighted by molar-refractivity contribution is 7.18. The van der Waals surface area contributed by atoms with Gasteiger partial charge in [0.1, 0.15) is 28.7 Å². The predicted octanol–water partition coefficient (Wildman–Crippen LogP) is 8.12. The number of piperidine rings is 1. The lowest BCUT2D eigenvalue weighted by Gasteiger charge is -2.34. The standard InChI is InChI=1S/C35H43F3N6OS/c1-3-34(45,17-24-7-5-4-6-8-24)21-44-27(19-39)15-29-23(2)25(9-10-31(29)44)20-43-13-11-26(12-14-43)42-32-30-16-28(18-35(36,37)38)46-33(30)41-22-40-32/h9-10,15-16,22,24,26,45H,3-8,11-14,17-18,20-21H2,1-2H3,(H,40,41,42). The largest absolute Gasteiger partial charge is 0.393 e. The molecular formula is C35H43F3N6OS. The molecule has 46 heavy (non-hydrogen) atoms. The van der Waals surface area contributed by atoms with Crippen LogP contribution in [0.2, 0.25) is 0 Å². The molecule has 1 atom stereocenters. The molecule has 0 spiro atoms. The number of aryl methyl sites for hydroxylation is 1. The molecule has 1 saturated carbocycles. The molecule has 1 aliphatic carbocycles. The van der Waals surface area contributed by atoms with Crippen molar-refractivity contribution in [2.75, 3.05) is 18.4 Å². The predicted molar refractivity (Wildman–Crippen MR) is 177 cm³/mol. The zero-order chi connectivity index (χ0) is 32.5. The van der Waals surface area contributed by atoms with Gasteiger partial charge in [0.05, 0.1) is 24.0 Å². The van der Waals surface area contributed by atoms with Crippen LogP contribution in [0.4, 0.5) is 19.0 Å². The van der Waals surface area contributed by atoms with E-state index in [9.17, 15) is 23.5 Å². The normalized spacial score (nSPS) is 18.6. The molecule has 4 aromatic rings. The topological polar surface area (TPSA) is 90.0 Å². The van der Waals surface area contributed by atoms with Crippen LogP contribution in [0.15, 0.2) is 30.6 Å². The number of likely N-dealkylation sites (tertiary alicyclic amines) is 1. The minimum Gasteiger partial charge on any atom is -0.388 e. The van der Waals surface area contributed by atoms with Crippen molar-refractivity contribution >= 4 is 38.3 Å². The molecule has 1 unspecified atom stereocenters. The van der Waals surface area contributed by atoms with E-state index in [0.29, 0.717) is 40.6 Å².